The summed E-state index contributed by atoms with van der Waals surface area (Å²) in [7, 11) is 1.97. The second-order valence-electron chi connectivity index (χ2n) is 4.34. The Morgan fingerprint density at radius 3 is 2.65 bits per heavy atom. The molecule has 17 heavy (non-hydrogen) atoms. The molecule has 0 spiro atoms. The molecule has 0 saturated carbocycles. The van der Waals surface area contributed by atoms with Crippen molar-refractivity contribution in [2.24, 2.45) is 0 Å². The second kappa shape index (κ2) is 8.13. The van der Waals surface area contributed by atoms with Crippen molar-refractivity contribution in [3.05, 3.63) is 29.3 Å². The normalized spacial score (nSPS) is 10.5. The molecule has 1 rings (SSSR count). The lowest BCUT2D eigenvalue weighted by atomic mass is 10.0. The van der Waals surface area contributed by atoms with Crippen molar-refractivity contribution in [2.45, 2.75) is 39.5 Å². The Balaban J connectivity index is 2.56. The van der Waals surface area contributed by atoms with E-state index in [-0.39, 0.29) is 0 Å². The summed E-state index contributed by atoms with van der Waals surface area (Å²) in [6.45, 7) is 6.23. The van der Waals surface area contributed by atoms with Gasteiger partial charge in [-0.3, -0.25) is 0 Å². The van der Waals surface area contributed by atoms with Gasteiger partial charge in [-0.2, -0.15) is 0 Å². The standard InChI is InChI=1S/C15H25NO/c1-4-7-14-8-9-15(12-13(14)5-2)17-11-6-10-16-3/h8-9,12,16H,4-7,10-11H2,1-3H3. The summed E-state index contributed by atoms with van der Waals surface area (Å²) in [5, 5.41) is 3.12. The van der Waals surface area contributed by atoms with Crippen LogP contribution in [0.3, 0.4) is 0 Å². The Hall–Kier alpha value is -1.02. The Bertz CT molecular complexity index is 323. The van der Waals surface area contributed by atoms with Gasteiger partial charge in [0.15, 0.2) is 0 Å². The van der Waals surface area contributed by atoms with Gasteiger partial charge in [0, 0.05) is 0 Å². The minimum atomic E-state index is 0.789. The molecule has 2 heteroatoms. The van der Waals surface area contributed by atoms with Gasteiger partial charge >= 0.3 is 0 Å². The van der Waals surface area contributed by atoms with E-state index in [2.05, 4.69) is 37.4 Å². The average Bonchev–Trinajstić information content (AvgIpc) is 2.36. The van der Waals surface area contributed by atoms with Gasteiger partial charge in [0.25, 0.3) is 0 Å². The molecule has 0 aliphatic rings. The van der Waals surface area contributed by atoms with E-state index in [1.54, 1.807) is 0 Å². The van der Waals surface area contributed by atoms with Crippen molar-refractivity contribution in [3.8, 4) is 5.75 Å². The van der Waals surface area contributed by atoms with E-state index < -0.39 is 0 Å². The van der Waals surface area contributed by atoms with E-state index in [1.165, 1.54) is 24.0 Å². The first-order valence-electron chi connectivity index (χ1n) is 6.71. The van der Waals surface area contributed by atoms with E-state index >= 15 is 0 Å². The molecule has 0 radical (unpaired) electrons. The fourth-order valence-electron chi connectivity index (χ4n) is 1.97. The van der Waals surface area contributed by atoms with Crippen LogP contribution in [-0.4, -0.2) is 20.2 Å². The van der Waals surface area contributed by atoms with Crippen LogP contribution in [0.25, 0.3) is 0 Å². The van der Waals surface area contributed by atoms with Gasteiger partial charge in [-0.1, -0.05) is 26.3 Å². The third kappa shape index (κ3) is 4.78. The minimum Gasteiger partial charge on any atom is -0.494 e. The Kier molecular flexibility index (Phi) is 6.71. The predicted molar refractivity (Wildman–Crippen MR) is 73.9 cm³/mol. The highest BCUT2D eigenvalue weighted by Crippen LogP contribution is 2.20. The van der Waals surface area contributed by atoms with E-state index in [0.29, 0.717) is 0 Å². The summed E-state index contributed by atoms with van der Waals surface area (Å²) in [6.07, 6.45) is 4.51. The number of hydrogen-bond acceptors (Lipinski definition) is 2. The van der Waals surface area contributed by atoms with Gasteiger partial charge in [-0.05, 0) is 56.1 Å². The first-order chi connectivity index (χ1) is 8.31. The first-order valence-corrected chi connectivity index (χ1v) is 6.71. The minimum absolute atomic E-state index is 0.789. The maximum Gasteiger partial charge on any atom is 0.119 e. The predicted octanol–water partition coefficient (Wildman–Crippen LogP) is 3.19. The van der Waals surface area contributed by atoms with Gasteiger partial charge in [0.2, 0.25) is 0 Å². The molecule has 2 nitrogen and oxygen atoms in total. The Labute approximate surface area is 105 Å². The quantitative estimate of drug-likeness (QED) is 0.699. The molecule has 0 amide bonds. The number of hydrogen-bond donors (Lipinski definition) is 1. The lowest BCUT2D eigenvalue weighted by Gasteiger charge is -2.11. The molecule has 1 aromatic carbocycles. The molecule has 1 aromatic rings. The average molecular weight is 235 g/mol. The van der Waals surface area contributed by atoms with Crippen LogP contribution in [-0.2, 0) is 12.8 Å². The number of nitrogens with one attached hydrogen (secondary N) is 1. The topological polar surface area (TPSA) is 21.3 Å². The molecule has 0 aliphatic heterocycles. The summed E-state index contributed by atoms with van der Waals surface area (Å²) >= 11 is 0. The van der Waals surface area contributed by atoms with E-state index in [0.717, 1.165) is 31.7 Å². The van der Waals surface area contributed by atoms with Crippen molar-refractivity contribution >= 4 is 0 Å². The molecule has 0 bridgehead atoms. The summed E-state index contributed by atoms with van der Waals surface area (Å²) in [5.74, 6) is 1.01. The highest BCUT2D eigenvalue weighted by Gasteiger charge is 2.02. The number of benzene rings is 1. The molecule has 0 unspecified atom stereocenters. The molecule has 0 heterocycles. The van der Waals surface area contributed by atoms with Crippen LogP contribution in [0, 0.1) is 0 Å². The molecule has 0 saturated heterocycles. The lowest BCUT2D eigenvalue weighted by molar-refractivity contribution is 0.309. The van der Waals surface area contributed by atoms with Gasteiger partial charge in [0.05, 0.1) is 6.61 Å². The fourth-order valence-corrected chi connectivity index (χ4v) is 1.97. The van der Waals surface area contributed by atoms with Gasteiger partial charge in [-0.25, -0.2) is 0 Å². The molecular formula is C15H25NO. The molecule has 0 atom stereocenters. The van der Waals surface area contributed by atoms with Crippen LogP contribution in [0.5, 0.6) is 5.75 Å². The third-order valence-corrected chi connectivity index (χ3v) is 2.92. The van der Waals surface area contributed by atoms with Crippen molar-refractivity contribution in [2.75, 3.05) is 20.2 Å². The zero-order valence-corrected chi connectivity index (χ0v) is 11.4. The molecule has 0 aromatic heterocycles. The van der Waals surface area contributed by atoms with Gasteiger partial charge < -0.3 is 10.1 Å². The maximum absolute atomic E-state index is 5.74. The molecule has 96 valence electrons. The lowest BCUT2D eigenvalue weighted by Crippen LogP contribution is -2.11. The Morgan fingerprint density at radius 2 is 2.00 bits per heavy atom. The summed E-state index contributed by atoms with van der Waals surface area (Å²) in [6, 6.07) is 6.52. The summed E-state index contributed by atoms with van der Waals surface area (Å²) in [4.78, 5) is 0. The smallest absolute Gasteiger partial charge is 0.119 e. The fraction of sp³-hybridized carbons (Fsp3) is 0.600. The van der Waals surface area contributed by atoms with Crippen LogP contribution < -0.4 is 10.1 Å². The van der Waals surface area contributed by atoms with Crippen molar-refractivity contribution in [1.82, 2.24) is 5.32 Å². The highest BCUT2D eigenvalue weighted by molar-refractivity contribution is 5.35. The molecular weight excluding hydrogens is 210 g/mol. The van der Waals surface area contributed by atoms with E-state index in [1.807, 2.05) is 7.05 Å². The molecule has 0 aliphatic carbocycles. The first kappa shape index (κ1) is 14.0. The highest BCUT2D eigenvalue weighted by atomic mass is 16.5. The number of aryl methyl sites for hydroxylation is 2. The molecule has 1 N–H and O–H groups in total. The van der Waals surface area contributed by atoms with Crippen molar-refractivity contribution < 1.29 is 4.74 Å². The van der Waals surface area contributed by atoms with E-state index in [9.17, 15) is 0 Å². The summed E-state index contributed by atoms with van der Waals surface area (Å²) in [5.41, 5.74) is 2.90. The SMILES string of the molecule is CCCc1ccc(OCCCNC)cc1CC. The van der Waals surface area contributed by atoms with Gasteiger partial charge in [0.1, 0.15) is 5.75 Å². The van der Waals surface area contributed by atoms with E-state index in [4.69, 9.17) is 4.74 Å². The maximum atomic E-state index is 5.74. The van der Waals surface area contributed by atoms with Gasteiger partial charge in [-0.15, -0.1) is 0 Å². The second-order valence-corrected chi connectivity index (χ2v) is 4.34. The zero-order chi connectivity index (χ0) is 12.5. The monoisotopic (exact) mass is 235 g/mol. The zero-order valence-electron chi connectivity index (χ0n) is 11.4. The number of rotatable bonds is 8. The van der Waals surface area contributed by atoms with Crippen LogP contribution in [0.4, 0.5) is 0 Å². The summed E-state index contributed by atoms with van der Waals surface area (Å²) < 4.78 is 5.74. The van der Waals surface area contributed by atoms with Crippen LogP contribution in [0.15, 0.2) is 18.2 Å². The van der Waals surface area contributed by atoms with Crippen LogP contribution in [0.2, 0.25) is 0 Å². The molecule has 0 fully saturated rings. The largest absolute Gasteiger partial charge is 0.494 e. The number of ether oxygens (including phenoxy) is 1. The third-order valence-electron chi connectivity index (χ3n) is 2.92. The van der Waals surface area contributed by atoms with Crippen molar-refractivity contribution in [3.63, 3.8) is 0 Å². The van der Waals surface area contributed by atoms with Crippen LogP contribution in [0.1, 0.15) is 37.8 Å². The van der Waals surface area contributed by atoms with Crippen LogP contribution >= 0.6 is 0 Å². The van der Waals surface area contributed by atoms with Crippen molar-refractivity contribution in [1.29, 1.82) is 0 Å². The Morgan fingerprint density at radius 1 is 1.18 bits per heavy atom.